The Bertz CT molecular complexity index is 945. The lowest BCUT2D eigenvalue weighted by atomic mass is 10.2. The molecule has 3 rings (SSSR count). The van der Waals surface area contributed by atoms with Crippen molar-refractivity contribution in [3.8, 4) is 11.4 Å². The summed E-state index contributed by atoms with van der Waals surface area (Å²) in [5.74, 6) is 0.538. The van der Waals surface area contributed by atoms with Gasteiger partial charge in [-0.05, 0) is 37.3 Å². The largest absolute Gasteiger partial charge is 0.508 e. The molecule has 0 amide bonds. The Morgan fingerprint density at radius 1 is 1.18 bits per heavy atom. The molecule has 22 heavy (non-hydrogen) atoms. The fraction of sp³-hybridized carbons (Fsp3) is 0.0667. The Hall–Kier alpha value is -3.22. The van der Waals surface area contributed by atoms with Crippen molar-refractivity contribution in [3.63, 3.8) is 0 Å². The second kappa shape index (κ2) is 4.96. The Kier molecular flexibility index (Phi) is 3.10. The van der Waals surface area contributed by atoms with Gasteiger partial charge in [0.2, 0.25) is 0 Å². The number of fused-ring (bicyclic) bond motifs is 1. The monoisotopic (exact) mass is 297 g/mol. The van der Waals surface area contributed by atoms with E-state index in [1.165, 1.54) is 34.9 Å². The third-order valence-corrected chi connectivity index (χ3v) is 3.34. The molecule has 0 spiro atoms. The maximum absolute atomic E-state index is 12.6. The summed E-state index contributed by atoms with van der Waals surface area (Å²) in [4.78, 5) is 27.3. The van der Waals surface area contributed by atoms with Crippen molar-refractivity contribution in [1.29, 1.82) is 0 Å². The lowest BCUT2D eigenvalue weighted by Gasteiger charge is -2.10. The quantitative estimate of drug-likeness (QED) is 0.578. The van der Waals surface area contributed by atoms with E-state index in [0.717, 1.165) is 0 Å². The van der Waals surface area contributed by atoms with Crippen molar-refractivity contribution in [3.05, 3.63) is 68.8 Å². The van der Waals surface area contributed by atoms with Gasteiger partial charge in [-0.15, -0.1) is 0 Å². The molecule has 0 aliphatic rings. The molecule has 7 nitrogen and oxygen atoms in total. The van der Waals surface area contributed by atoms with Gasteiger partial charge in [0.15, 0.2) is 0 Å². The second-order valence-electron chi connectivity index (χ2n) is 4.77. The number of rotatable bonds is 2. The minimum Gasteiger partial charge on any atom is -0.508 e. The van der Waals surface area contributed by atoms with Gasteiger partial charge in [0, 0.05) is 12.1 Å². The molecular weight excluding hydrogens is 286 g/mol. The molecule has 0 atom stereocenters. The van der Waals surface area contributed by atoms with Crippen LogP contribution in [0.5, 0.6) is 5.75 Å². The average molecular weight is 297 g/mol. The molecule has 0 saturated heterocycles. The number of nitro groups is 1. The van der Waals surface area contributed by atoms with E-state index in [1.807, 2.05) is 0 Å². The van der Waals surface area contributed by atoms with Crippen molar-refractivity contribution in [1.82, 2.24) is 9.55 Å². The molecule has 1 N–H and O–H groups in total. The number of benzene rings is 2. The van der Waals surface area contributed by atoms with Gasteiger partial charge in [0.25, 0.3) is 11.2 Å². The number of phenols is 1. The van der Waals surface area contributed by atoms with Crippen LogP contribution in [0.4, 0.5) is 5.69 Å². The molecule has 0 fully saturated rings. The van der Waals surface area contributed by atoms with E-state index in [9.17, 15) is 20.0 Å². The van der Waals surface area contributed by atoms with E-state index in [0.29, 0.717) is 17.0 Å². The van der Waals surface area contributed by atoms with Crippen molar-refractivity contribution in [2.75, 3.05) is 0 Å². The first-order valence-corrected chi connectivity index (χ1v) is 6.44. The zero-order valence-corrected chi connectivity index (χ0v) is 11.6. The number of aryl methyl sites for hydroxylation is 1. The maximum atomic E-state index is 12.6. The molecule has 0 saturated carbocycles. The maximum Gasteiger partial charge on any atom is 0.270 e. The van der Waals surface area contributed by atoms with Crippen molar-refractivity contribution in [2.45, 2.75) is 6.92 Å². The van der Waals surface area contributed by atoms with Gasteiger partial charge in [-0.25, -0.2) is 4.98 Å². The van der Waals surface area contributed by atoms with Gasteiger partial charge in [0.05, 0.1) is 21.5 Å². The summed E-state index contributed by atoms with van der Waals surface area (Å²) in [6.07, 6.45) is 0. The summed E-state index contributed by atoms with van der Waals surface area (Å²) in [5.41, 5.74) is 0.383. The zero-order chi connectivity index (χ0) is 15.9. The predicted molar refractivity (Wildman–Crippen MR) is 80.4 cm³/mol. The van der Waals surface area contributed by atoms with E-state index < -0.39 is 10.5 Å². The summed E-state index contributed by atoms with van der Waals surface area (Å²) in [7, 11) is 0. The van der Waals surface area contributed by atoms with Crippen molar-refractivity contribution < 1.29 is 10.0 Å². The number of nitrogens with zero attached hydrogens (tertiary/aromatic N) is 3. The lowest BCUT2D eigenvalue weighted by molar-refractivity contribution is -0.384. The highest BCUT2D eigenvalue weighted by molar-refractivity contribution is 5.80. The molecule has 0 bridgehead atoms. The molecule has 0 aliphatic carbocycles. The number of aromatic nitrogens is 2. The first-order chi connectivity index (χ1) is 10.5. The minimum absolute atomic E-state index is 0.0823. The van der Waals surface area contributed by atoms with Crippen LogP contribution in [-0.2, 0) is 0 Å². The van der Waals surface area contributed by atoms with E-state index in [-0.39, 0.29) is 16.8 Å². The van der Waals surface area contributed by atoms with Crippen molar-refractivity contribution in [2.24, 2.45) is 0 Å². The first-order valence-electron chi connectivity index (χ1n) is 6.44. The van der Waals surface area contributed by atoms with Crippen molar-refractivity contribution >= 4 is 16.6 Å². The normalized spacial score (nSPS) is 10.8. The van der Waals surface area contributed by atoms with Gasteiger partial charge in [-0.3, -0.25) is 19.5 Å². The lowest BCUT2D eigenvalue weighted by Crippen LogP contribution is -2.22. The van der Waals surface area contributed by atoms with Gasteiger partial charge in [-0.1, -0.05) is 0 Å². The smallest absolute Gasteiger partial charge is 0.270 e. The molecular formula is C15H11N3O4. The topological polar surface area (TPSA) is 98.3 Å². The molecule has 0 unspecified atom stereocenters. The SMILES string of the molecule is Cc1nc2ccc([N+](=O)[O-])cc2c(=O)n1-c1ccc(O)cc1. The van der Waals surface area contributed by atoms with E-state index >= 15 is 0 Å². The predicted octanol–water partition coefficient (Wildman–Crippen LogP) is 2.31. The Balaban J connectivity index is 2.33. The van der Waals surface area contributed by atoms with Crippen LogP contribution in [-0.4, -0.2) is 19.6 Å². The zero-order valence-electron chi connectivity index (χ0n) is 11.6. The summed E-state index contributed by atoms with van der Waals surface area (Å²) in [5, 5.41) is 20.4. The molecule has 7 heteroatoms. The molecule has 0 aliphatic heterocycles. The molecule has 2 aromatic carbocycles. The van der Waals surface area contributed by atoms with Gasteiger partial charge in [0.1, 0.15) is 11.6 Å². The molecule has 1 aromatic heterocycles. The molecule has 0 radical (unpaired) electrons. The highest BCUT2D eigenvalue weighted by Crippen LogP contribution is 2.19. The number of hydrogen-bond acceptors (Lipinski definition) is 5. The highest BCUT2D eigenvalue weighted by atomic mass is 16.6. The van der Waals surface area contributed by atoms with Crippen LogP contribution in [0.25, 0.3) is 16.6 Å². The van der Waals surface area contributed by atoms with E-state index in [1.54, 1.807) is 19.1 Å². The Morgan fingerprint density at radius 2 is 1.86 bits per heavy atom. The molecule has 1 heterocycles. The number of hydrogen-bond donors (Lipinski definition) is 1. The van der Waals surface area contributed by atoms with E-state index in [4.69, 9.17) is 0 Å². The van der Waals surface area contributed by atoms with Crippen LogP contribution in [0.1, 0.15) is 5.82 Å². The summed E-state index contributed by atoms with van der Waals surface area (Å²) in [6, 6.07) is 10.1. The van der Waals surface area contributed by atoms with Crippen LogP contribution in [0, 0.1) is 17.0 Å². The summed E-state index contributed by atoms with van der Waals surface area (Å²) < 4.78 is 1.35. The first kappa shape index (κ1) is 13.7. The number of nitro benzene ring substituents is 1. The molecule has 3 aromatic rings. The van der Waals surface area contributed by atoms with Gasteiger partial charge in [-0.2, -0.15) is 0 Å². The number of phenolic OH excluding ortho intramolecular Hbond substituents is 1. The van der Waals surface area contributed by atoms with Crippen LogP contribution < -0.4 is 5.56 Å². The Morgan fingerprint density at radius 3 is 2.50 bits per heavy atom. The second-order valence-corrected chi connectivity index (χ2v) is 4.77. The molecule has 110 valence electrons. The van der Waals surface area contributed by atoms with E-state index in [2.05, 4.69) is 4.98 Å². The summed E-state index contributed by atoms with van der Waals surface area (Å²) >= 11 is 0. The third kappa shape index (κ3) is 2.18. The fourth-order valence-electron chi connectivity index (χ4n) is 2.30. The Labute approximate surface area is 124 Å². The minimum atomic E-state index is -0.552. The van der Waals surface area contributed by atoms with Crippen LogP contribution >= 0.6 is 0 Å². The number of aromatic hydroxyl groups is 1. The fourth-order valence-corrected chi connectivity index (χ4v) is 2.30. The van der Waals surface area contributed by atoms with Crippen LogP contribution in [0.15, 0.2) is 47.3 Å². The number of non-ortho nitro benzene ring substituents is 1. The van der Waals surface area contributed by atoms with Crippen LogP contribution in [0.3, 0.4) is 0 Å². The van der Waals surface area contributed by atoms with Gasteiger partial charge >= 0.3 is 0 Å². The van der Waals surface area contributed by atoms with Gasteiger partial charge < -0.3 is 5.11 Å². The standard InChI is InChI=1S/C15H11N3O4/c1-9-16-14-7-4-11(18(21)22)8-13(14)15(20)17(9)10-2-5-12(19)6-3-10/h2-8,19H,1H3. The highest BCUT2D eigenvalue weighted by Gasteiger charge is 2.13. The third-order valence-electron chi connectivity index (χ3n) is 3.34. The average Bonchev–Trinajstić information content (AvgIpc) is 2.48. The van der Waals surface area contributed by atoms with Crippen LogP contribution in [0.2, 0.25) is 0 Å². The summed E-state index contributed by atoms with van der Waals surface area (Å²) in [6.45, 7) is 1.68.